The van der Waals surface area contributed by atoms with Crippen LogP contribution in [0, 0.1) is 5.92 Å². The summed E-state index contributed by atoms with van der Waals surface area (Å²) in [4.78, 5) is 64.2. The molecule has 35 heavy (non-hydrogen) atoms. The van der Waals surface area contributed by atoms with Gasteiger partial charge < -0.3 is 48.5 Å². The molecule has 0 aromatic rings. The number of nitrogens with zero attached hydrogens (tertiary/aromatic N) is 1. The number of aliphatic hydroxyl groups is 1. The van der Waals surface area contributed by atoms with Crippen LogP contribution in [0.4, 0.5) is 0 Å². The summed E-state index contributed by atoms with van der Waals surface area (Å²) in [7, 11) is 0. The van der Waals surface area contributed by atoms with E-state index in [0.29, 0.717) is 6.42 Å². The van der Waals surface area contributed by atoms with E-state index in [1.807, 2.05) is 19.2 Å². The van der Waals surface area contributed by atoms with Crippen LogP contribution in [0.1, 0.15) is 46.5 Å². The molecule has 0 aromatic heterocycles. The molecular formula is C20H37N7O8. The number of hydrogen-bond donors (Lipinski definition) is 9. The summed E-state index contributed by atoms with van der Waals surface area (Å²) in [6.07, 6.45) is -1.77. The van der Waals surface area contributed by atoms with Crippen LogP contribution in [-0.2, 0) is 24.0 Å². The van der Waals surface area contributed by atoms with E-state index in [-0.39, 0.29) is 31.3 Å². The Morgan fingerprint density at radius 2 is 1.43 bits per heavy atom. The summed E-state index contributed by atoms with van der Waals surface area (Å²) in [5.41, 5.74) is 16.4. The van der Waals surface area contributed by atoms with Gasteiger partial charge in [0, 0.05) is 6.54 Å². The van der Waals surface area contributed by atoms with Gasteiger partial charge in [0.1, 0.15) is 12.1 Å². The molecule has 0 aliphatic rings. The minimum absolute atomic E-state index is 0.0234. The highest BCUT2D eigenvalue weighted by molar-refractivity contribution is 5.95. The first kappa shape index (κ1) is 31.5. The largest absolute Gasteiger partial charge is 0.481 e. The van der Waals surface area contributed by atoms with Gasteiger partial charge in [-0.05, 0) is 32.1 Å². The molecule has 12 N–H and O–H groups in total. The predicted octanol–water partition coefficient (Wildman–Crippen LogP) is -3.19. The van der Waals surface area contributed by atoms with E-state index in [1.54, 1.807) is 0 Å². The standard InChI is InChI=1S/C20H37N7O8/c1-9(2)7-11(21)16(31)25-12(5-4-6-24-20(22)23)17(32)26-13(8-14(29)30)18(33)27-15(10(3)28)19(34)35/h9-13,15,28H,4-8,21H2,1-3H3,(H,25,31)(H,26,32)(H,27,33)(H,29,30)(H,34,35)(H4,22,23,24). The topological polar surface area (TPSA) is 273 Å². The zero-order chi connectivity index (χ0) is 27.3. The lowest BCUT2D eigenvalue weighted by atomic mass is 10.0. The van der Waals surface area contributed by atoms with Gasteiger partial charge in [-0.15, -0.1) is 0 Å². The first-order valence-electron chi connectivity index (χ1n) is 11.0. The quantitative estimate of drug-likeness (QED) is 0.0574. The molecule has 0 heterocycles. The molecule has 0 saturated carbocycles. The van der Waals surface area contributed by atoms with Gasteiger partial charge in [0.15, 0.2) is 12.0 Å². The number of aliphatic imine (C=N–C) groups is 1. The lowest BCUT2D eigenvalue weighted by Gasteiger charge is -2.25. The van der Waals surface area contributed by atoms with Gasteiger partial charge in [-0.2, -0.15) is 0 Å². The summed E-state index contributed by atoms with van der Waals surface area (Å²) >= 11 is 0. The SMILES string of the molecule is CC(C)CC(N)C(=O)NC(CCCN=C(N)N)C(=O)NC(CC(=O)O)C(=O)NC(C(=O)O)C(C)O. The van der Waals surface area contributed by atoms with Crippen molar-refractivity contribution in [3.63, 3.8) is 0 Å². The van der Waals surface area contributed by atoms with Crippen molar-refractivity contribution >= 4 is 35.6 Å². The van der Waals surface area contributed by atoms with Crippen molar-refractivity contribution in [1.82, 2.24) is 16.0 Å². The van der Waals surface area contributed by atoms with Crippen molar-refractivity contribution < 1.29 is 39.3 Å². The van der Waals surface area contributed by atoms with Crippen LogP contribution in [0.3, 0.4) is 0 Å². The summed E-state index contributed by atoms with van der Waals surface area (Å²) in [5, 5.41) is 34.5. The third-order valence-corrected chi connectivity index (χ3v) is 4.70. The lowest BCUT2D eigenvalue weighted by molar-refractivity contribution is -0.146. The minimum atomic E-state index is -1.74. The number of rotatable bonds is 16. The van der Waals surface area contributed by atoms with Crippen LogP contribution in [-0.4, -0.2) is 87.8 Å². The van der Waals surface area contributed by atoms with Crippen molar-refractivity contribution in [3.8, 4) is 0 Å². The smallest absolute Gasteiger partial charge is 0.328 e. The second-order valence-corrected chi connectivity index (χ2v) is 8.47. The highest BCUT2D eigenvalue weighted by Gasteiger charge is 2.33. The maximum absolute atomic E-state index is 12.9. The number of amides is 3. The molecule has 5 atom stereocenters. The molecule has 0 rings (SSSR count). The number of guanidine groups is 1. The molecule has 0 fully saturated rings. The Balaban J connectivity index is 5.62. The van der Waals surface area contributed by atoms with Gasteiger partial charge in [0.05, 0.1) is 18.6 Å². The van der Waals surface area contributed by atoms with Crippen molar-refractivity contribution in [2.24, 2.45) is 28.1 Å². The van der Waals surface area contributed by atoms with E-state index in [4.69, 9.17) is 27.4 Å². The van der Waals surface area contributed by atoms with Crippen LogP contribution in [0.5, 0.6) is 0 Å². The maximum Gasteiger partial charge on any atom is 0.328 e. The van der Waals surface area contributed by atoms with Crippen LogP contribution in [0.15, 0.2) is 4.99 Å². The third-order valence-electron chi connectivity index (χ3n) is 4.70. The van der Waals surface area contributed by atoms with Crippen LogP contribution in [0.25, 0.3) is 0 Å². The van der Waals surface area contributed by atoms with Crippen LogP contribution < -0.4 is 33.2 Å². The first-order chi connectivity index (χ1) is 16.1. The Morgan fingerprint density at radius 1 is 0.886 bits per heavy atom. The second kappa shape index (κ2) is 15.4. The lowest BCUT2D eigenvalue weighted by Crippen LogP contribution is -2.58. The van der Waals surface area contributed by atoms with E-state index in [1.165, 1.54) is 0 Å². The second-order valence-electron chi connectivity index (χ2n) is 8.47. The van der Waals surface area contributed by atoms with Gasteiger partial charge in [-0.3, -0.25) is 24.2 Å². The molecule has 200 valence electrons. The highest BCUT2D eigenvalue weighted by atomic mass is 16.4. The number of carboxylic acids is 2. The number of carboxylic acid groups (broad SMARTS) is 2. The fourth-order valence-corrected chi connectivity index (χ4v) is 2.96. The maximum atomic E-state index is 12.9. The molecule has 0 radical (unpaired) electrons. The Labute approximate surface area is 202 Å². The Morgan fingerprint density at radius 3 is 1.89 bits per heavy atom. The molecule has 0 aliphatic carbocycles. The number of aliphatic hydroxyl groups excluding tert-OH is 1. The molecule has 5 unspecified atom stereocenters. The number of carbonyl (C=O) groups excluding carboxylic acids is 3. The van der Waals surface area contributed by atoms with E-state index >= 15 is 0 Å². The molecule has 0 aromatic carbocycles. The fraction of sp³-hybridized carbons (Fsp3) is 0.700. The van der Waals surface area contributed by atoms with Gasteiger partial charge in [0.2, 0.25) is 17.7 Å². The van der Waals surface area contributed by atoms with Crippen molar-refractivity contribution in [2.75, 3.05) is 6.54 Å². The summed E-state index contributed by atoms with van der Waals surface area (Å²) in [6, 6.07) is -5.56. The summed E-state index contributed by atoms with van der Waals surface area (Å²) in [6.45, 7) is 4.97. The summed E-state index contributed by atoms with van der Waals surface area (Å²) in [5.74, 6) is -5.75. The number of aliphatic carboxylic acids is 2. The van der Waals surface area contributed by atoms with Gasteiger partial charge in [-0.25, -0.2) is 4.79 Å². The third kappa shape index (κ3) is 13.1. The molecule has 0 bridgehead atoms. The number of nitrogens with two attached hydrogens (primary N) is 3. The molecule has 15 heteroatoms. The molecule has 15 nitrogen and oxygen atoms in total. The van der Waals surface area contributed by atoms with E-state index in [2.05, 4.69) is 15.6 Å². The Hall–Kier alpha value is -3.46. The van der Waals surface area contributed by atoms with E-state index in [9.17, 15) is 29.1 Å². The molecule has 0 saturated heterocycles. The summed E-state index contributed by atoms with van der Waals surface area (Å²) < 4.78 is 0. The minimum Gasteiger partial charge on any atom is -0.481 e. The zero-order valence-corrected chi connectivity index (χ0v) is 20.1. The molecule has 3 amide bonds. The Kier molecular flexibility index (Phi) is 13.9. The predicted molar refractivity (Wildman–Crippen MR) is 125 cm³/mol. The number of hydrogen-bond acceptors (Lipinski definition) is 8. The van der Waals surface area contributed by atoms with Crippen molar-refractivity contribution in [1.29, 1.82) is 0 Å². The highest BCUT2D eigenvalue weighted by Crippen LogP contribution is 2.06. The van der Waals surface area contributed by atoms with Crippen LogP contribution >= 0.6 is 0 Å². The van der Waals surface area contributed by atoms with Crippen molar-refractivity contribution in [2.45, 2.75) is 76.7 Å². The first-order valence-corrected chi connectivity index (χ1v) is 11.0. The van der Waals surface area contributed by atoms with Crippen LogP contribution in [0.2, 0.25) is 0 Å². The van der Waals surface area contributed by atoms with Gasteiger partial charge >= 0.3 is 11.9 Å². The number of carbonyl (C=O) groups is 5. The monoisotopic (exact) mass is 503 g/mol. The number of nitrogens with one attached hydrogen (secondary N) is 3. The average Bonchev–Trinajstić information content (AvgIpc) is 2.71. The van der Waals surface area contributed by atoms with E-state index in [0.717, 1.165) is 6.92 Å². The molecule has 0 spiro atoms. The fourth-order valence-electron chi connectivity index (χ4n) is 2.96. The van der Waals surface area contributed by atoms with E-state index < -0.39 is 66.4 Å². The average molecular weight is 504 g/mol. The Bertz CT molecular complexity index is 783. The van der Waals surface area contributed by atoms with Gasteiger partial charge in [0.25, 0.3) is 0 Å². The zero-order valence-electron chi connectivity index (χ0n) is 20.1. The normalized spacial score (nSPS) is 15.1. The molecule has 0 aliphatic heterocycles. The van der Waals surface area contributed by atoms with Crippen molar-refractivity contribution in [3.05, 3.63) is 0 Å². The molecular weight excluding hydrogens is 466 g/mol. The van der Waals surface area contributed by atoms with Gasteiger partial charge in [-0.1, -0.05) is 13.8 Å².